The number of nitrogens with one attached hydrogen (secondary N) is 1. The molecule has 1 aromatic heterocycles. The minimum absolute atomic E-state index is 0.150. The lowest BCUT2D eigenvalue weighted by atomic mass is 10.1. The summed E-state index contributed by atoms with van der Waals surface area (Å²) < 4.78 is 0. The summed E-state index contributed by atoms with van der Waals surface area (Å²) in [5.41, 5.74) is -0.150. The van der Waals surface area contributed by atoms with E-state index in [1.54, 1.807) is 0 Å². The second-order valence-electron chi connectivity index (χ2n) is 4.86. The number of thiazole rings is 1. The van der Waals surface area contributed by atoms with Crippen molar-refractivity contribution in [3.8, 4) is 0 Å². The molecule has 1 aliphatic heterocycles. The molecular weight excluding hydrogens is 266 g/mol. The lowest BCUT2D eigenvalue weighted by molar-refractivity contribution is 0.0687. The van der Waals surface area contributed by atoms with Crippen LogP contribution in [0.2, 0.25) is 0 Å². The molecule has 2 heterocycles. The van der Waals surface area contributed by atoms with E-state index in [9.17, 15) is 9.59 Å². The van der Waals surface area contributed by atoms with Gasteiger partial charge in [-0.05, 0) is 25.9 Å². The molecule has 0 radical (unpaired) electrons. The van der Waals surface area contributed by atoms with Crippen molar-refractivity contribution < 1.29 is 14.7 Å². The molecule has 0 aromatic carbocycles. The second kappa shape index (κ2) is 5.66. The van der Waals surface area contributed by atoms with Crippen LogP contribution in [0.3, 0.4) is 0 Å². The molecule has 0 saturated carbocycles. The molecule has 1 aliphatic rings. The molecule has 1 unspecified atom stereocenters. The number of aromatic nitrogens is 1. The standard InChI is InChI=1S/C12H17N3O3S/c1-7(16)10-9(11(17)18)14-12(19-10)13-5-8-3-4-15(2)6-8/h8H,3-6H2,1-2H3,(H,13,14)(H,17,18). The van der Waals surface area contributed by atoms with Gasteiger partial charge in [-0.15, -0.1) is 0 Å². The van der Waals surface area contributed by atoms with E-state index in [0.717, 1.165) is 37.4 Å². The number of carbonyl (C=O) groups excluding carboxylic acids is 1. The summed E-state index contributed by atoms with van der Waals surface area (Å²) in [7, 11) is 2.08. The minimum atomic E-state index is -1.16. The van der Waals surface area contributed by atoms with Gasteiger partial charge in [0.15, 0.2) is 16.6 Å². The zero-order valence-electron chi connectivity index (χ0n) is 11.0. The summed E-state index contributed by atoms with van der Waals surface area (Å²) in [4.78, 5) is 28.8. The quantitative estimate of drug-likeness (QED) is 0.795. The number of rotatable bonds is 5. The van der Waals surface area contributed by atoms with E-state index in [1.165, 1.54) is 6.92 Å². The summed E-state index contributed by atoms with van der Waals surface area (Å²) in [6, 6.07) is 0. The first kappa shape index (κ1) is 14.0. The van der Waals surface area contributed by atoms with Crippen LogP contribution in [0.4, 0.5) is 5.13 Å². The molecule has 1 aromatic rings. The van der Waals surface area contributed by atoms with Gasteiger partial charge in [0.25, 0.3) is 0 Å². The Kier molecular flexibility index (Phi) is 4.16. The Balaban J connectivity index is 2.03. The zero-order chi connectivity index (χ0) is 14.0. The fraction of sp³-hybridized carbons (Fsp3) is 0.583. The van der Waals surface area contributed by atoms with E-state index in [1.807, 2.05) is 0 Å². The summed E-state index contributed by atoms with van der Waals surface area (Å²) in [6.45, 7) is 4.23. The van der Waals surface area contributed by atoms with Crippen molar-refractivity contribution in [1.29, 1.82) is 0 Å². The van der Waals surface area contributed by atoms with Crippen molar-refractivity contribution in [3.63, 3.8) is 0 Å². The summed E-state index contributed by atoms with van der Waals surface area (Å²) in [5.74, 6) is -0.874. The molecule has 7 heteroatoms. The molecule has 0 amide bonds. The smallest absolute Gasteiger partial charge is 0.356 e. The number of nitrogens with zero attached hydrogens (tertiary/aromatic N) is 2. The Bertz CT molecular complexity index is 469. The molecule has 2 N–H and O–H groups in total. The highest BCUT2D eigenvalue weighted by Crippen LogP contribution is 2.24. The molecule has 1 atom stereocenters. The fourth-order valence-electron chi connectivity index (χ4n) is 2.20. The predicted molar refractivity (Wildman–Crippen MR) is 73.2 cm³/mol. The molecule has 0 spiro atoms. The number of aromatic carboxylic acids is 1. The molecule has 2 rings (SSSR count). The number of carboxylic acid groups (broad SMARTS) is 1. The molecule has 0 aliphatic carbocycles. The topological polar surface area (TPSA) is 82.5 Å². The van der Waals surface area contributed by atoms with Crippen LogP contribution in [0, 0.1) is 5.92 Å². The third kappa shape index (κ3) is 3.30. The van der Waals surface area contributed by atoms with Crippen molar-refractivity contribution in [3.05, 3.63) is 10.6 Å². The maximum atomic E-state index is 11.4. The lowest BCUT2D eigenvalue weighted by Crippen LogP contribution is -2.19. The highest BCUT2D eigenvalue weighted by Gasteiger charge is 2.22. The Morgan fingerprint density at radius 2 is 2.32 bits per heavy atom. The molecule has 104 valence electrons. The largest absolute Gasteiger partial charge is 0.476 e. The van der Waals surface area contributed by atoms with Gasteiger partial charge in [-0.25, -0.2) is 9.78 Å². The van der Waals surface area contributed by atoms with Gasteiger partial charge in [-0.2, -0.15) is 0 Å². The van der Waals surface area contributed by atoms with Crippen molar-refractivity contribution in [1.82, 2.24) is 9.88 Å². The number of ketones is 1. The maximum absolute atomic E-state index is 11.4. The van der Waals surface area contributed by atoms with Crippen LogP contribution in [0.5, 0.6) is 0 Å². The molecule has 1 saturated heterocycles. The number of carboxylic acids is 1. The number of anilines is 1. The van der Waals surface area contributed by atoms with Crippen LogP contribution in [0.15, 0.2) is 0 Å². The van der Waals surface area contributed by atoms with Crippen molar-refractivity contribution in [2.24, 2.45) is 5.92 Å². The number of hydrogen-bond acceptors (Lipinski definition) is 6. The van der Waals surface area contributed by atoms with Crippen LogP contribution in [0.1, 0.15) is 33.5 Å². The van der Waals surface area contributed by atoms with Gasteiger partial charge in [0.05, 0.1) is 0 Å². The van der Waals surface area contributed by atoms with Crippen molar-refractivity contribution in [2.75, 3.05) is 32.0 Å². The minimum Gasteiger partial charge on any atom is -0.476 e. The first-order chi connectivity index (χ1) is 8.97. The molecule has 6 nitrogen and oxygen atoms in total. The van der Waals surface area contributed by atoms with Gasteiger partial charge in [-0.1, -0.05) is 11.3 Å². The Morgan fingerprint density at radius 1 is 1.58 bits per heavy atom. The summed E-state index contributed by atoms with van der Waals surface area (Å²) in [5, 5.41) is 12.7. The number of Topliss-reactive ketones (excluding diaryl/α,β-unsaturated/α-hetero) is 1. The fourth-order valence-corrected chi connectivity index (χ4v) is 3.06. The average molecular weight is 283 g/mol. The van der Waals surface area contributed by atoms with E-state index < -0.39 is 5.97 Å². The van der Waals surface area contributed by atoms with Gasteiger partial charge in [-0.3, -0.25) is 4.79 Å². The van der Waals surface area contributed by atoms with Crippen LogP contribution in [-0.4, -0.2) is 53.4 Å². The summed E-state index contributed by atoms with van der Waals surface area (Å²) in [6.07, 6.45) is 1.13. The van der Waals surface area contributed by atoms with E-state index in [2.05, 4.69) is 22.2 Å². The van der Waals surface area contributed by atoms with Gasteiger partial charge in [0.1, 0.15) is 4.88 Å². The highest BCUT2D eigenvalue weighted by atomic mass is 32.1. The molecule has 19 heavy (non-hydrogen) atoms. The number of hydrogen-bond donors (Lipinski definition) is 2. The van der Waals surface area contributed by atoms with Crippen LogP contribution >= 0.6 is 11.3 Å². The monoisotopic (exact) mass is 283 g/mol. The van der Waals surface area contributed by atoms with Crippen LogP contribution < -0.4 is 5.32 Å². The van der Waals surface area contributed by atoms with E-state index in [0.29, 0.717) is 11.0 Å². The molecule has 0 bridgehead atoms. The third-order valence-electron chi connectivity index (χ3n) is 3.18. The lowest BCUT2D eigenvalue weighted by Gasteiger charge is -2.10. The van der Waals surface area contributed by atoms with E-state index >= 15 is 0 Å². The highest BCUT2D eigenvalue weighted by molar-refractivity contribution is 7.17. The van der Waals surface area contributed by atoms with Crippen molar-refractivity contribution in [2.45, 2.75) is 13.3 Å². The molecule has 1 fully saturated rings. The Morgan fingerprint density at radius 3 is 2.79 bits per heavy atom. The van der Waals surface area contributed by atoms with Gasteiger partial charge < -0.3 is 15.3 Å². The Hall–Kier alpha value is -1.47. The van der Waals surface area contributed by atoms with E-state index in [-0.39, 0.29) is 16.4 Å². The second-order valence-corrected chi connectivity index (χ2v) is 5.86. The third-order valence-corrected chi connectivity index (χ3v) is 4.29. The normalized spacial score (nSPS) is 19.6. The predicted octanol–water partition coefficient (Wildman–Crippen LogP) is 1.41. The average Bonchev–Trinajstić information content (AvgIpc) is 2.92. The van der Waals surface area contributed by atoms with Crippen molar-refractivity contribution >= 4 is 28.2 Å². The number of carbonyl (C=O) groups is 2. The Labute approximate surface area is 115 Å². The van der Waals surface area contributed by atoms with Gasteiger partial charge in [0, 0.05) is 20.0 Å². The summed E-state index contributed by atoms with van der Waals surface area (Å²) >= 11 is 1.11. The van der Waals surface area contributed by atoms with Crippen LogP contribution in [0.25, 0.3) is 0 Å². The molecular formula is C12H17N3O3S. The first-order valence-electron chi connectivity index (χ1n) is 6.15. The SMILES string of the molecule is CC(=O)c1sc(NCC2CCN(C)C2)nc1C(=O)O. The maximum Gasteiger partial charge on any atom is 0.356 e. The number of likely N-dealkylation sites (tertiary alicyclic amines) is 1. The van der Waals surface area contributed by atoms with Crippen LogP contribution in [-0.2, 0) is 0 Å². The first-order valence-corrected chi connectivity index (χ1v) is 6.96. The zero-order valence-corrected chi connectivity index (χ0v) is 11.8. The van der Waals surface area contributed by atoms with Gasteiger partial charge >= 0.3 is 5.97 Å². The van der Waals surface area contributed by atoms with Gasteiger partial charge in [0.2, 0.25) is 0 Å². The van der Waals surface area contributed by atoms with E-state index in [4.69, 9.17) is 5.11 Å².